The molecule has 0 aliphatic carbocycles. The minimum Gasteiger partial charge on any atom is -0.364 e. The highest BCUT2D eigenvalue weighted by atomic mass is 19.1. The Bertz CT molecular complexity index is 540. The molecular formula is C11H16FN5. The van der Waals surface area contributed by atoms with E-state index in [1.807, 2.05) is 20.2 Å². The molecule has 2 aromatic heterocycles. The monoisotopic (exact) mass is 237 g/mol. The molecule has 0 saturated carbocycles. The quantitative estimate of drug-likeness (QED) is 0.880. The van der Waals surface area contributed by atoms with Gasteiger partial charge in [0.25, 0.3) is 0 Å². The standard InChI is InChI=1S/C11H16FN5/c1-7-6-16(3)15-11(7)13-5-9-8(2)14-17(4)10(9)12/h6H,5H2,1-4H3,(H,13,15). The van der Waals surface area contributed by atoms with Crippen molar-refractivity contribution in [1.82, 2.24) is 19.6 Å². The minimum atomic E-state index is -0.302. The van der Waals surface area contributed by atoms with Gasteiger partial charge in [-0.05, 0) is 13.8 Å². The Morgan fingerprint density at radius 2 is 2.00 bits per heavy atom. The molecule has 0 atom stereocenters. The van der Waals surface area contributed by atoms with Gasteiger partial charge in [0.1, 0.15) is 0 Å². The summed E-state index contributed by atoms with van der Waals surface area (Å²) in [5, 5.41) is 11.4. The molecule has 17 heavy (non-hydrogen) atoms. The van der Waals surface area contributed by atoms with Crippen LogP contribution in [0.5, 0.6) is 0 Å². The van der Waals surface area contributed by atoms with E-state index in [-0.39, 0.29) is 5.95 Å². The summed E-state index contributed by atoms with van der Waals surface area (Å²) in [7, 11) is 3.45. The van der Waals surface area contributed by atoms with Crippen LogP contribution in [-0.2, 0) is 20.6 Å². The maximum atomic E-state index is 13.7. The van der Waals surface area contributed by atoms with Crippen molar-refractivity contribution in [1.29, 1.82) is 0 Å². The van der Waals surface area contributed by atoms with Gasteiger partial charge in [0.15, 0.2) is 5.82 Å². The lowest BCUT2D eigenvalue weighted by Crippen LogP contribution is -2.04. The van der Waals surface area contributed by atoms with Crippen LogP contribution < -0.4 is 5.32 Å². The van der Waals surface area contributed by atoms with Crippen molar-refractivity contribution in [2.24, 2.45) is 14.1 Å². The Morgan fingerprint density at radius 1 is 1.29 bits per heavy atom. The number of halogens is 1. The van der Waals surface area contributed by atoms with Gasteiger partial charge in [0.05, 0.1) is 5.69 Å². The highest BCUT2D eigenvalue weighted by molar-refractivity contribution is 5.42. The molecular weight excluding hydrogens is 221 g/mol. The van der Waals surface area contributed by atoms with Crippen LogP contribution in [0.1, 0.15) is 16.8 Å². The molecule has 0 aromatic carbocycles. The molecule has 0 bridgehead atoms. The number of rotatable bonds is 3. The molecule has 0 aliphatic rings. The summed E-state index contributed by atoms with van der Waals surface area (Å²) in [6, 6.07) is 0. The second kappa shape index (κ2) is 4.20. The molecule has 2 rings (SSSR count). The van der Waals surface area contributed by atoms with Gasteiger partial charge >= 0.3 is 0 Å². The van der Waals surface area contributed by atoms with E-state index in [0.29, 0.717) is 17.8 Å². The van der Waals surface area contributed by atoms with Crippen molar-refractivity contribution >= 4 is 5.82 Å². The highest BCUT2D eigenvalue weighted by Gasteiger charge is 2.13. The van der Waals surface area contributed by atoms with E-state index in [2.05, 4.69) is 15.5 Å². The molecule has 0 fully saturated rings. The van der Waals surface area contributed by atoms with Crippen LogP contribution in [-0.4, -0.2) is 19.6 Å². The second-order valence-electron chi connectivity index (χ2n) is 4.17. The summed E-state index contributed by atoms with van der Waals surface area (Å²) in [6.07, 6.45) is 1.91. The average Bonchev–Trinajstić information content (AvgIpc) is 2.67. The third-order valence-corrected chi connectivity index (χ3v) is 2.71. The van der Waals surface area contributed by atoms with Crippen LogP contribution >= 0.6 is 0 Å². The van der Waals surface area contributed by atoms with Crippen molar-refractivity contribution in [3.8, 4) is 0 Å². The number of aryl methyl sites for hydroxylation is 4. The fourth-order valence-corrected chi connectivity index (χ4v) is 1.83. The number of anilines is 1. The number of aromatic nitrogens is 4. The lowest BCUT2D eigenvalue weighted by molar-refractivity contribution is 0.496. The molecule has 6 heteroatoms. The van der Waals surface area contributed by atoms with E-state index in [9.17, 15) is 4.39 Å². The Morgan fingerprint density at radius 3 is 2.47 bits per heavy atom. The van der Waals surface area contributed by atoms with Crippen LogP contribution in [0.3, 0.4) is 0 Å². The molecule has 2 aromatic rings. The zero-order valence-corrected chi connectivity index (χ0v) is 10.5. The van der Waals surface area contributed by atoms with Crippen molar-refractivity contribution < 1.29 is 4.39 Å². The van der Waals surface area contributed by atoms with E-state index < -0.39 is 0 Å². The van der Waals surface area contributed by atoms with Crippen molar-refractivity contribution in [3.63, 3.8) is 0 Å². The maximum Gasteiger partial charge on any atom is 0.216 e. The average molecular weight is 237 g/mol. The van der Waals surface area contributed by atoms with Gasteiger partial charge < -0.3 is 5.32 Å². The third-order valence-electron chi connectivity index (χ3n) is 2.71. The molecule has 5 nitrogen and oxygen atoms in total. The van der Waals surface area contributed by atoms with Gasteiger partial charge in [0, 0.05) is 38.0 Å². The molecule has 92 valence electrons. The largest absolute Gasteiger partial charge is 0.364 e. The van der Waals surface area contributed by atoms with Crippen LogP contribution in [0, 0.1) is 19.8 Å². The number of nitrogens with one attached hydrogen (secondary N) is 1. The Hall–Kier alpha value is -1.85. The fourth-order valence-electron chi connectivity index (χ4n) is 1.83. The third kappa shape index (κ3) is 2.15. The fraction of sp³-hybridized carbons (Fsp3) is 0.455. The van der Waals surface area contributed by atoms with E-state index >= 15 is 0 Å². The van der Waals surface area contributed by atoms with Crippen LogP contribution in [0.4, 0.5) is 10.2 Å². The first-order valence-electron chi connectivity index (χ1n) is 5.41. The first kappa shape index (κ1) is 11.6. The molecule has 0 aliphatic heterocycles. The predicted molar refractivity (Wildman–Crippen MR) is 63.2 cm³/mol. The van der Waals surface area contributed by atoms with Crippen molar-refractivity contribution in [3.05, 3.63) is 29.0 Å². The predicted octanol–water partition coefficient (Wildman–Crippen LogP) is 1.52. The molecule has 0 unspecified atom stereocenters. The van der Waals surface area contributed by atoms with Gasteiger partial charge in [0.2, 0.25) is 5.95 Å². The summed E-state index contributed by atoms with van der Waals surface area (Å²) >= 11 is 0. The highest BCUT2D eigenvalue weighted by Crippen LogP contribution is 2.15. The molecule has 0 saturated heterocycles. The van der Waals surface area contributed by atoms with E-state index in [1.165, 1.54) is 4.68 Å². The lowest BCUT2D eigenvalue weighted by atomic mass is 10.2. The molecule has 0 radical (unpaired) electrons. The topological polar surface area (TPSA) is 47.7 Å². The summed E-state index contributed by atoms with van der Waals surface area (Å²) in [5.74, 6) is 0.471. The van der Waals surface area contributed by atoms with Crippen molar-refractivity contribution in [2.45, 2.75) is 20.4 Å². The summed E-state index contributed by atoms with van der Waals surface area (Å²) in [5.41, 5.74) is 2.32. The summed E-state index contributed by atoms with van der Waals surface area (Å²) in [6.45, 7) is 4.15. The lowest BCUT2D eigenvalue weighted by Gasteiger charge is -2.03. The normalized spacial score (nSPS) is 10.9. The first-order valence-corrected chi connectivity index (χ1v) is 5.41. The minimum absolute atomic E-state index is 0.302. The Balaban J connectivity index is 2.15. The Labute approximate surface area is 99.2 Å². The van der Waals surface area contributed by atoms with Crippen LogP contribution in [0.15, 0.2) is 6.20 Å². The zero-order chi connectivity index (χ0) is 12.6. The number of hydrogen-bond donors (Lipinski definition) is 1. The second-order valence-corrected chi connectivity index (χ2v) is 4.17. The van der Waals surface area contributed by atoms with Gasteiger partial charge in [-0.15, -0.1) is 0 Å². The first-order chi connectivity index (χ1) is 7.99. The summed E-state index contributed by atoms with van der Waals surface area (Å²) < 4.78 is 16.6. The molecule has 2 heterocycles. The zero-order valence-electron chi connectivity index (χ0n) is 10.5. The Kier molecular flexibility index (Phi) is 2.87. The van der Waals surface area contributed by atoms with Crippen molar-refractivity contribution in [2.75, 3.05) is 5.32 Å². The van der Waals surface area contributed by atoms with E-state index in [4.69, 9.17) is 0 Å². The maximum absolute atomic E-state index is 13.7. The SMILES string of the molecule is Cc1cn(C)nc1NCc1c(C)nn(C)c1F. The molecule has 0 spiro atoms. The van der Waals surface area contributed by atoms with Crippen LogP contribution in [0.25, 0.3) is 0 Å². The smallest absolute Gasteiger partial charge is 0.216 e. The molecule has 0 amide bonds. The summed E-state index contributed by atoms with van der Waals surface area (Å²) in [4.78, 5) is 0. The van der Waals surface area contributed by atoms with Crippen LogP contribution in [0.2, 0.25) is 0 Å². The number of hydrogen-bond acceptors (Lipinski definition) is 3. The van der Waals surface area contributed by atoms with Gasteiger partial charge in [-0.25, -0.2) is 4.68 Å². The number of nitrogens with zero attached hydrogens (tertiary/aromatic N) is 4. The van der Waals surface area contributed by atoms with E-state index in [0.717, 1.165) is 11.4 Å². The van der Waals surface area contributed by atoms with Gasteiger partial charge in [-0.3, -0.25) is 4.68 Å². The van der Waals surface area contributed by atoms with E-state index in [1.54, 1.807) is 18.7 Å². The molecule has 1 N–H and O–H groups in total. The van der Waals surface area contributed by atoms with Gasteiger partial charge in [-0.2, -0.15) is 14.6 Å². The van der Waals surface area contributed by atoms with Gasteiger partial charge in [-0.1, -0.05) is 0 Å².